The molecule has 0 spiro atoms. The van der Waals surface area contributed by atoms with Crippen LogP contribution in [0, 0.1) is 6.92 Å². The Hall–Kier alpha value is -2.68. The first-order valence-corrected chi connectivity index (χ1v) is 8.96. The molecule has 0 N–H and O–H groups in total. The second-order valence-corrected chi connectivity index (χ2v) is 6.71. The number of carbonyl (C=O) groups is 1. The summed E-state index contributed by atoms with van der Waals surface area (Å²) in [6, 6.07) is 7.26. The van der Waals surface area contributed by atoms with E-state index in [9.17, 15) is 4.79 Å². The van der Waals surface area contributed by atoms with Gasteiger partial charge in [-0.3, -0.25) is 4.79 Å². The van der Waals surface area contributed by atoms with Gasteiger partial charge in [0.15, 0.2) is 10.4 Å². The topological polar surface area (TPSA) is 88.5 Å². The van der Waals surface area contributed by atoms with Crippen molar-refractivity contribution < 1.29 is 13.7 Å². The number of nitrogens with zero attached hydrogens (tertiary/aromatic N) is 5. The minimum atomic E-state index is -0.0915. The normalized spacial score (nSPS) is 14.7. The molecule has 3 aromatic heterocycles. The summed E-state index contributed by atoms with van der Waals surface area (Å²) in [6.07, 6.45) is 1.73. The second-order valence-electron chi connectivity index (χ2n) is 5.93. The standard InChI is InChI=1S/C17H16BrN5O3/c1-11-20-16(21-26-11)12-2-5-15(19-10-12)22-6-8-23(9-7-22)17(24)13-3-4-14(18)25-13/h2-5,10H,6-9H2,1H3. The second kappa shape index (κ2) is 6.91. The van der Waals surface area contributed by atoms with E-state index in [-0.39, 0.29) is 5.91 Å². The van der Waals surface area contributed by atoms with Crippen molar-refractivity contribution >= 4 is 27.7 Å². The maximum atomic E-state index is 12.4. The van der Waals surface area contributed by atoms with E-state index in [1.807, 2.05) is 12.1 Å². The number of aryl methyl sites for hydroxylation is 1. The zero-order valence-corrected chi connectivity index (χ0v) is 15.6. The fourth-order valence-electron chi connectivity index (χ4n) is 2.85. The maximum Gasteiger partial charge on any atom is 0.289 e. The molecule has 1 fully saturated rings. The maximum absolute atomic E-state index is 12.4. The van der Waals surface area contributed by atoms with Crippen LogP contribution in [0.15, 0.2) is 44.1 Å². The molecule has 0 aromatic carbocycles. The minimum absolute atomic E-state index is 0.0915. The minimum Gasteiger partial charge on any atom is -0.444 e. The first kappa shape index (κ1) is 16.8. The van der Waals surface area contributed by atoms with Gasteiger partial charge in [0.05, 0.1) is 0 Å². The molecule has 134 valence electrons. The summed E-state index contributed by atoms with van der Waals surface area (Å²) in [6.45, 7) is 4.40. The van der Waals surface area contributed by atoms with Crippen LogP contribution in [0.5, 0.6) is 0 Å². The van der Waals surface area contributed by atoms with Gasteiger partial charge in [-0.25, -0.2) is 4.98 Å². The Morgan fingerprint density at radius 1 is 1.15 bits per heavy atom. The summed E-state index contributed by atoms with van der Waals surface area (Å²) >= 11 is 3.22. The first-order valence-electron chi connectivity index (χ1n) is 8.16. The highest BCUT2D eigenvalue weighted by Crippen LogP contribution is 2.21. The highest BCUT2D eigenvalue weighted by molar-refractivity contribution is 9.10. The summed E-state index contributed by atoms with van der Waals surface area (Å²) in [5.74, 6) is 2.17. The van der Waals surface area contributed by atoms with Crippen molar-refractivity contribution in [2.45, 2.75) is 6.92 Å². The number of furan rings is 1. The number of anilines is 1. The predicted octanol–water partition coefficient (Wildman–Crippen LogP) is 2.76. The Morgan fingerprint density at radius 2 is 1.96 bits per heavy atom. The van der Waals surface area contributed by atoms with E-state index in [2.05, 4.69) is 36.0 Å². The predicted molar refractivity (Wildman–Crippen MR) is 96.8 cm³/mol. The summed E-state index contributed by atoms with van der Waals surface area (Å²) < 4.78 is 10.9. The van der Waals surface area contributed by atoms with Gasteiger partial charge in [0.1, 0.15) is 5.82 Å². The third kappa shape index (κ3) is 3.34. The average Bonchev–Trinajstić information content (AvgIpc) is 3.30. The number of pyridine rings is 1. The third-order valence-corrected chi connectivity index (χ3v) is 4.63. The number of hydrogen-bond donors (Lipinski definition) is 0. The van der Waals surface area contributed by atoms with Crippen molar-refractivity contribution in [3.63, 3.8) is 0 Å². The fourth-order valence-corrected chi connectivity index (χ4v) is 3.15. The Morgan fingerprint density at radius 3 is 2.54 bits per heavy atom. The lowest BCUT2D eigenvalue weighted by atomic mass is 10.2. The highest BCUT2D eigenvalue weighted by atomic mass is 79.9. The molecular weight excluding hydrogens is 402 g/mol. The molecule has 1 aliphatic rings. The smallest absolute Gasteiger partial charge is 0.289 e. The fraction of sp³-hybridized carbons (Fsp3) is 0.294. The van der Waals surface area contributed by atoms with E-state index < -0.39 is 0 Å². The van der Waals surface area contributed by atoms with E-state index in [1.54, 1.807) is 30.2 Å². The quantitative estimate of drug-likeness (QED) is 0.646. The van der Waals surface area contributed by atoms with Crippen molar-refractivity contribution in [3.8, 4) is 11.4 Å². The number of aromatic nitrogens is 3. The van der Waals surface area contributed by atoms with Crippen LogP contribution in [0.3, 0.4) is 0 Å². The Kier molecular flexibility index (Phi) is 4.46. The van der Waals surface area contributed by atoms with E-state index in [0.29, 0.717) is 48.3 Å². The van der Waals surface area contributed by atoms with E-state index in [4.69, 9.17) is 8.94 Å². The third-order valence-electron chi connectivity index (χ3n) is 4.21. The molecule has 0 unspecified atom stereocenters. The summed E-state index contributed by atoms with van der Waals surface area (Å²) in [5.41, 5.74) is 0.808. The number of piperazine rings is 1. The van der Waals surface area contributed by atoms with Crippen molar-refractivity contribution in [1.29, 1.82) is 0 Å². The zero-order valence-electron chi connectivity index (χ0n) is 14.1. The van der Waals surface area contributed by atoms with Gasteiger partial charge < -0.3 is 18.7 Å². The van der Waals surface area contributed by atoms with E-state index in [1.165, 1.54) is 0 Å². The van der Waals surface area contributed by atoms with Crippen LogP contribution in [0.1, 0.15) is 16.4 Å². The Balaban J connectivity index is 1.39. The van der Waals surface area contributed by atoms with Crippen molar-refractivity contribution in [1.82, 2.24) is 20.0 Å². The molecule has 1 aliphatic heterocycles. The summed E-state index contributed by atoms with van der Waals surface area (Å²) in [5, 5.41) is 3.89. The van der Waals surface area contributed by atoms with Crippen molar-refractivity contribution in [2.24, 2.45) is 0 Å². The lowest BCUT2D eigenvalue weighted by molar-refractivity contribution is 0.0713. The lowest BCUT2D eigenvalue weighted by Gasteiger charge is -2.35. The number of carbonyl (C=O) groups excluding carboxylic acids is 1. The summed E-state index contributed by atoms with van der Waals surface area (Å²) in [4.78, 5) is 25.0. The Bertz CT molecular complexity index is 913. The molecule has 4 rings (SSSR count). The van der Waals surface area contributed by atoms with Crippen LogP contribution in [-0.2, 0) is 0 Å². The monoisotopic (exact) mass is 417 g/mol. The number of amides is 1. The van der Waals surface area contributed by atoms with Crippen LogP contribution in [0.4, 0.5) is 5.82 Å². The SMILES string of the molecule is Cc1nc(-c2ccc(N3CCN(C(=O)c4ccc(Br)o4)CC3)nc2)no1. The molecule has 0 saturated carbocycles. The van der Waals surface area contributed by atoms with Gasteiger partial charge in [0.25, 0.3) is 5.91 Å². The molecular formula is C17H16BrN5O3. The lowest BCUT2D eigenvalue weighted by Crippen LogP contribution is -2.49. The molecule has 0 atom stereocenters. The van der Waals surface area contributed by atoms with Crippen molar-refractivity contribution in [3.05, 3.63) is 46.8 Å². The van der Waals surface area contributed by atoms with E-state index >= 15 is 0 Å². The molecule has 8 nitrogen and oxygen atoms in total. The summed E-state index contributed by atoms with van der Waals surface area (Å²) in [7, 11) is 0. The number of rotatable bonds is 3. The first-order chi connectivity index (χ1) is 12.6. The van der Waals surface area contributed by atoms with Gasteiger partial charge in [-0.1, -0.05) is 5.16 Å². The van der Waals surface area contributed by atoms with E-state index in [0.717, 1.165) is 11.4 Å². The highest BCUT2D eigenvalue weighted by Gasteiger charge is 2.24. The average molecular weight is 418 g/mol. The Labute approximate surface area is 157 Å². The van der Waals surface area contributed by atoms with Crippen molar-refractivity contribution in [2.75, 3.05) is 31.1 Å². The van der Waals surface area contributed by atoms with Crippen LogP contribution < -0.4 is 4.90 Å². The largest absolute Gasteiger partial charge is 0.444 e. The van der Waals surface area contributed by atoms with Gasteiger partial charge in [-0.15, -0.1) is 0 Å². The molecule has 4 heterocycles. The van der Waals surface area contributed by atoms with Gasteiger partial charge in [0.2, 0.25) is 11.7 Å². The zero-order chi connectivity index (χ0) is 18.1. The molecule has 1 amide bonds. The molecule has 26 heavy (non-hydrogen) atoms. The van der Waals surface area contributed by atoms with Gasteiger partial charge >= 0.3 is 0 Å². The van der Waals surface area contributed by atoms with Crippen LogP contribution in [-0.4, -0.2) is 52.1 Å². The van der Waals surface area contributed by atoms with Crippen LogP contribution >= 0.6 is 15.9 Å². The van der Waals surface area contributed by atoms with Crippen LogP contribution in [0.25, 0.3) is 11.4 Å². The van der Waals surface area contributed by atoms with Gasteiger partial charge in [-0.05, 0) is 40.2 Å². The number of hydrogen-bond acceptors (Lipinski definition) is 7. The van der Waals surface area contributed by atoms with Gasteiger partial charge in [0, 0.05) is 44.9 Å². The van der Waals surface area contributed by atoms with Crippen LogP contribution in [0.2, 0.25) is 0 Å². The molecule has 0 radical (unpaired) electrons. The molecule has 0 bridgehead atoms. The number of halogens is 1. The molecule has 0 aliphatic carbocycles. The van der Waals surface area contributed by atoms with Gasteiger partial charge in [-0.2, -0.15) is 4.98 Å². The molecule has 3 aromatic rings. The molecule has 9 heteroatoms. The molecule has 1 saturated heterocycles.